The number of sulfonamides is 1. The summed E-state index contributed by atoms with van der Waals surface area (Å²) in [5.74, 6) is -0.172. The topological polar surface area (TPSA) is 66.5 Å². The highest BCUT2D eigenvalue weighted by Gasteiger charge is 2.27. The molecule has 1 aliphatic rings. The van der Waals surface area contributed by atoms with E-state index < -0.39 is 10.0 Å². The van der Waals surface area contributed by atoms with Crippen LogP contribution in [0.15, 0.2) is 29.2 Å². The lowest BCUT2D eigenvalue weighted by Gasteiger charge is -2.16. The summed E-state index contributed by atoms with van der Waals surface area (Å²) in [5.41, 5.74) is 0.482. The lowest BCUT2D eigenvalue weighted by atomic mass is 10.2. The molecule has 2 rings (SSSR count). The molecule has 21 heavy (non-hydrogen) atoms. The van der Waals surface area contributed by atoms with Crippen molar-refractivity contribution >= 4 is 15.9 Å². The first-order chi connectivity index (χ1) is 9.95. The summed E-state index contributed by atoms with van der Waals surface area (Å²) >= 11 is 0. The molecule has 1 aromatic rings. The summed E-state index contributed by atoms with van der Waals surface area (Å²) in [6.45, 7) is 5.10. The SMILES string of the molecule is CC[C@H](C)NC(=O)c1ccc(S(=O)(=O)N2CCCC2)cc1. The third kappa shape index (κ3) is 3.63. The summed E-state index contributed by atoms with van der Waals surface area (Å²) in [4.78, 5) is 12.2. The minimum atomic E-state index is -3.41. The minimum absolute atomic E-state index is 0.102. The molecule has 0 bridgehead atoms. The van der Waals surface area contributed by atoms with Crippen molar-refractivity contribution in [1.82, 2.24) is 9.62 Å². The molecule has 1 N–H and O–H groups in total. The fraction of sp³-hybridized carbons (Fsp3) is 0.533. The second kappa shape index (κ2) is 6.58. The number of rotatable bonds is 5. The molecular weight excluding hydrogens is 288 g/mol. The molecular formula is C15H22N2O3S. The van der Waals surface area contributed by atoms with Gasteiger partial charge in [-0.2, -0.15) is 4.31 Å². The molecule has 0 aliphatic carbocycles. The van der Waals surface area contributed by atoms with Crippen LogP contribution in [0.3, 0.4) is 0 Å². The van der Waals surface area contributed by atoms with E-state index in [-0.39, 0.29) is 16.8 Å². The number of nitrogens with one attached hydrogen (secondary N) is 1. The minimum Gasteiger partial charge on any atom is -0.350 e. The van der Waals surface area contributed by atoms with Crippen LogP contribution in [0.4, 0.5) is 0 Å². The van der Waals surface area contributed by atoms with Gasteiger partial charge < -0.3 is 5.32 Å². The molecule has 1 amide bonds. The van der Waals surface area contributed by atoms with Gasteiger partial charge in [0.05, 0.1) is 4.90 Å². The van der Waals surface area contributed by atoms with Crippen LogP contribution in [0, 0.1) is 0 Å². The van der Waals surface area contributed by atoms with Gasteiger partial charge in [-0.3, -0.25) is 4.79 Å². The molecule has 5 nitrogen and oxygen atoms in total. The van der Waals surface area contributed by atoms with E-state index in [0.29, 0.717) is 18.7 Å². The molecule has 0 spiro atoms. The molecule has 1 saturated heterocycles. The van der Waals surface area contributed by atoms with E-state index in [1.807, 2.05) is 13.8 Å². The predicted octanol–water partition coefficient (Wildman–Crippen LogP) is 2.00. The zero-order valence-electron chi connectivity index (χ0n) is 12.5. The Bertz CT molecular complexity index is 590. The van der Waals surface area contributed by atoms with E-state index in [0.717, 1.165) is 19.3 Å². The normalized spacial score (nSPS) is 17.6. The molecule has 0 saturated carbocycles. The van der Waals surface area contributed by atoms with Crippen LogP contribution in [0.25, 0.3) is 0 Å². The Balaban J connectivity index is 2.13. The first-order valence-corrected chi connectivity index (χ1v) is 8.80. The average molecular weight is 310 g/mol. The highest BCUT2D eigenvalue weighted by molar-refractivity contribution is 7.89. The summed E-state index contributed by atoms with van der Waals surface area (Å²) in [6.07, 6.45) is 2.68. The van der Waals surface area contributed by atoms with Gasteiger partial charge in [0.25, 0.3) is 5.91 Å². The molecule has 0 radical (unpaired) electrons. The zero-order valence-corrected chi connectivity index (χ0v) is 13.3. The van der Waals surface area contributed by atoms with Crippen LogP contribution in [0.2, 0.25) is 0 Å². The Kier molecular flexibility index (Phi) is 5.00. The first kappa shape index (κ1) is 16.0. The van der Waals surface area contributed by atoms with E-state index in [1.54, 1.807) is 12.1 Å². The van der Waals surface area contributed by atoms with Crippen molar-refractivity contribution in [3.8, 4) is 0 Å². The Morgan fingerprint density at radius 3 is 2.33 bits per heavy atom. The zero-order chi connectivity index (χ0) is 15.5. The number of carbonyl (C=O) groups is 1. The Labute approximate surface area is 126 Å². The molecule has 1 aliphatic heterocycles. The van der Waals surface area contributed by atoms with Gasteiger partial charge in [0.15, 0.2) is 0 Å². The van der Waals surface area contributed by atoms with Gasteiger partial charge in [0.1, 0.15) is 0 Å². The lowest BCUT2D eigenvalue weighted by molar-refractivity contribution is 0.0939. The van der Waals surface area contributed by atoms with Crippen molar-refractivity contribution in [3.05, 3.63) is 29.8 Å². The summed E-state index contributed by atoms with van der Waals surface area (Å²) in [5, 5.41) is 2.86. The number of benzene rings is 1. The van der Waals surface area contributed by atoms with E-state index in [2.05, 4.69) is 5.32 Å². The first-order valence-electron chi connectivity index (χ1n) is 7.36. The standard InChI is InChI=1S/C15H22N2O3S/c1-3-12(2)16-15(18)13-6-8-14(9-7-13)21(19,20)17-10-4-5-11-17/h6-9,12H,3-5,10-11H2,1-2H3,(H,16,18)/t12-/m0/s1. The number of amides is 1. The average Bonchev–Trinajstić information content (AvgIpc) is 3.02. The van der Waals surface area contributed by atoms with Crippen molar-refractivity contribution in [3.63, 3.8) is 0 Å². The number of nitrogens with zero attached hydrogens (tertiary/aromatic N) is 1. The quantitative estimate of drug-likeness (QED) is 0.904. The predicted molar refractivity (Wildman–Crippen MR) is 81.7 cm³/mol. The maximum absolute atomic E-state index is 12.4. The van der Waals surface area contributed by atoms with E-state index in [4.69, 9.17) is 0 Å². The van der Waals surface area contributed by atoms with Crippen LogP contribution in [0.5, 0.6) is 0 Å². The lowest BCUT2D eigenvalue weighted by Crippen LogP contribution is -2.32. The fourth-order valence-corrected chi connectivity index (χ4v) is 3.78. The van der Waals surface area contributed by atoms with Crippen molar-refractivity contribution in [1.29, 1.82) is 0 Å². The van der Waals surface area contributed by atoms with Gasteiger partial charge in [-0.25, -0.2) is 8.42 Å². The van der Waals surface area contributed by atoms with E-state index >= 15 is 0 Å². The van der Waals surface area contributed by atoms with Crippen molar-refractivity contribution in [2.24, 2.45) is 0 Å². The van der Waals surface area contributed by atoms with Crippen LogP contribution in [0.1, 0.15) is 43.5 Å². The van der Waals surface area contributed by atoms with Gasteiger partial charge >= 0.3 is 0 Å². The molecule has 1 aromatic carbocycles. The highest BCUT2D eigenvalue weighted by atomic mass is 32.2. The number of hydrogen-bond donors (Lipinski definition) is 1. The molecule has 1 fully saturated rings. The smallest absolute Gasteiger partial charge is 0.251 e. The molecule has 0 unspecified atom stereocenters. The monoisotopic (exact) mass is 310 g/mol. The second-order valence-corrected chi connectivity index (χ2v) is 7.36. The summed E-state index contributed by atoms with van der Waals surface area (Å²) < 4.78 is 26.2. The molecule has 0 aromatic heterocycles. The van der Waals surface area contributed by atoms with Crippen LogP contribution in [-0.2, 0) is 10.0 Å². The van der Waals surface area contributed by atoms with Crippen LogP contribution >= 0.6 is 0 Å². The van der Waals surface area contributed by atoms with Gasteiger partial charge in [0, 0.05) is 24.7 Å². The van der Waals surface area contributed by atoms with Gasteiger partial charge in [-0.1, -0.05) is 6.92 Å². The van der Waals surface area contributed by atoms with Crippen molar-refractivity contribution in [2.75, 3.05) is 13.1 Å². The van der Waals surface area contributed by atoms with Gasteiger partial charge in [-0.05, 0) is 50.5 Å². The highest BCUT2D eigenvalue weighted by Crippen LogP contribution is 2.21. The Hall–Kier alpha value is -1.40. The van der Waals surface area contributed by atoms with Gasteiger partial charge in [0.2, 0.25) is 10.0 Å². The third-order valence-electron chi connectivity index (χ3n) is 3.81. The van der Waals surface area contributed by atoms with Crippen LogP contribution in [-0.4, -0.2) is 37.8 Å². The number of carbonyl (C=O) groups excluding carboxylic acids is 1. The van der Waals surface area contributed by atoms with Crippen molar-refractivity contribution in [2.45, 2.75) is 44.0 Å². The number of hydrogen-bond acceptors (Lipinski definition) is 3. The Morgan fingerprint density at radius 1 is 1.24 bits per heavy atom. The second-order valence-electron chi connectivity index (χ2n) is 5.42. The molecule has 6 heteroatoms. The van der Waals surface area contributed by atoms with E-state index in [9.17, 15) is 13.2 Å². The largest absolute Gasteiger partial charge is 0.350 e. The third-order valence-corrected chi connectivity index (χ3v) is 5.72. The Morgan fingerprint density at radius 2 is 1.81 bits per heavy atom. The van der Waals surface area contributed by atoms with Crippen LogP contribution < -0.4 is 5.32 Å². The molecule has 1 atom stereocenters. The fourth-order valence-electron chi connectivity index (χ4n) is 2.27. The summed E-state index contributed by atoms with van der Waals surface area (Å²) in [7, 11) is -3.41. The summed E-state index contributed by atoms with van der Waals surface area (Å²) in [6, 6.07) is 6.27. The van der Waals surface area contributed by atoms with E-state index in [1.165, 1.54) is 16.4 Å². The molecule has 1 heterocycles. The molecule has 116 valence electrons. The maximum Gasteiger partial charge on any atom is 0.251 e. The van der Waals surface area contributed by atoms with Crippen molar-refractivity contribution < 1.29 is 13.2 Å². The van der Waals surface area contributed by atoms with Gasteiger partial charge in [-0.15, -0.1) is 0 Å². The maximum atomic E-state index is 12.4.